The number of imide groups is 1. The van der Waals surface area contributed by atoms with E-state index >= 15 is 0 Å². The van der Waals surface area contributed by atoms with E-state index in [1.165, 1.54) is 18.2 Å². The third-order valence-electron chi connectivity index (χ3n) is 5.01. The highest BCUT2D eigenvalue weighted by Crippen LogP contribution is 2.31. The van der Waals surface area contributed by atoms with Crippen LogP contribution in [0.15, 0.2) is 54.1 Å². The minimum Gasteiger partial charge on any atom is -0.497 e. The molecule has 36 heavy (non-hydrogen) atoms. The van der Waals surface area contributed by atoms with Crippen molar-refractivity contribution >= 4 is 46.0 Å². The Balaban J connectivity index is 0.00000222. The number of nitrogens with zero attached hydrogens (tertiary/aromatic N) is 2. The van der Waals surface area contributed by atoms with Crippen LogP contribution in [0.5, 0.6) is 5.75 Å². The summed E-state index contributed by atoms with van der Waals surface area (Å²) in [7, 11) is 5.10. The summed E-state index contributed by atoms with van der Waals surface area (Å²) < 4.78 is 5.13. The summed E-state index contributed by atoms with van der Waals surface area (Å²) in [6.07, 6.45) is 4.93. The fourth-order valence-electron chi connectivity index (χ4n) is 3.19. The van der Waals surface area contributed by atoms with Crippen LogP contribution >= 0.6 is 11.3 Å². The monoisotopic (exact) mass is 509 g/mol. The molecule has 0 saturated heterocycles. The number of allylic oxidation sites excluding steroid dienone is 2. The second kappa shape index (κ2) is 13.1. The van der Waals surface area contributed by atoms with Crippen LogP contribution in [0.2, 0.25) is 0 Å². The lowest BCUT2D eigenvalue weighted by Crippen LogP contribution is -2.32. The van der Waals surface area contributed by atoms with Crippen molar-refractivity contribution in [2.45, 2.75) is 20.4 Å². The first-order valence-electron chi connectivity index (χ1n) is 11.3. The third kappa shape index (κ3) is 6.98. The number of carbonyl (C=O) groups excluding carboxylic acids is 3. The lowest BCUT2D eigenvalue weighted by atomic mass is 10.0. The number of benzene rings is 1. The molecule has 0 fully saturated rings. The Bertz CT molecular complexity index is 1200. The molecule has 1 aromatic carbocycles. The number of nitrogens with one attached hydrogen (secondary N) is 3. The number of hydrogen-bond donors (Lipinski definition) is 3. The Labute approximate surface area is 215 Å². The fraction of sp³-hybridized carbons (Fsp3) is 0.269. The van der Waals surface area contributed by atoms with Crippen molar-refractivity contribution < 1.29 is 19.1 Å². The second-order valence-electron chi connectivity index (χ2n) is 7.67. The first-order chi connectivity index (χ1) is 17.2. The maximum atomic E-state index is 13.2. The Morgan fingerprint density at radius 1 is 1.08 bits per heavy atom. The van der Waals surface area contributed by atoms with Gasteiger partial charge in [-0.05, 0) is 41.5 Å². The average molecular weight is 510 g/mol. The van der Waals surface area contributed by atoms with Gasteiger partial charge in [0.15, 0.2) is 0 Å². The number of thiophene rings is 1. The van der Waals surface area contributed by atoms with E-state index in [0.717, 1.165) is 27.5 Å². The Morgan fingerprint density at radius 2 is 1.75 bits per heavy atom. The van der Waals surface area contributed by atoms with E-state index in [4.69, 9.17) is 15.6 Å². The summed E-state index contributed by atoms with van der Waals surface area (Å²) in [6, 6.07) is 8.81. The van der Waals surface area contributed by atoms with Crippen molar-refractivity contribution in [1.82, 2.24) is 10.2 Å². The standard InChI is InChI=1S/C24H25N5O4S.C2H6/c1-28(2)24-18(23(32)29(14-30)13-16-6-9-19(25)20(26)10-16)11-21(34-24)22(31)27-12-15-4-7-17(33-3)8-5-15;1-2/h4-11,14,25-26H,12-13H2,1-3H3,(H,27,31);1-2H3. The van der Waals surface area contributed by atoms with Crippen LogP contribution < -0.4 is 15.0 Å². The summed E-state index contributed by atoms with van der Waals surface area (Å²) in [5.41, 5.74) is 1.76. The van der Waals surface area contributed by atoms with Crippen LogP contribution in [0.1, 0.15) is 39.4 Å². The molecule has 0 unspecified atom stereocenters. The molecule has 3 rings (SSSR count). The Kier molecular flexibility index (Phi) is 10.3. The minimum absolute atomic E-state index is 0.0103. The maximum Gasteiger partial charge on any atom is 0.263 e. The molecule has 10 heteroatoms. The predicted molar refractivity (Wildman–Crippen MR) is 144 cm³/mol. The highest BCUT2D eigenvalue weighted by Gasteiger charge is 2.25. The first-order valence-corrected chi connectivity index (χ1v) is 12.1. The van der Waals surface area contributed by atoms with Crippen LogP contribution in [0.3, 0.4) is 0 Å². The Morgan fingerprint density at radius 3 is 2.31 bits per heavy atom. The molecule has 1 aromatic heterocycles. The number of anilines is 1. The number of rotatable bonds is 9. The molecule has 0 spiro atoms. The number of carbonyl (C=O) groups is 3. The van der Waals surface area contributed by atoms with Gasteiger partial charge in [-0.3, -0.25) is 30.1 Å². The van der Waals surface area contributed by atoms with Crippen LogP contribution in [0.25, 0.3) is 0 Å². The van der Waals surface area contributed by atoms with Gasteiger partial charge in [0.2, 0.25) is 6.41 Å². The molecule has 9 nitrogen and oxygen atoms in total. The van der Waals surface area contributed by atoms with Gasteiger partial charge in [0.1, 0.15) is 10.8 Å². The van der Waals surface area contributed by atoms with E-state index in [1.807, 2.05) is 38.1 Å². The number of ether oxygens (including phenoxy) is 1. The third-order valence-corrected chi connectivity index (χ3v) is 6.31. The molecule has 1 aliphatic rings. The van der Waals surface area contributed by atoms with Gasteiger partial charge in [-0.1, -0.05) is 32.1 Å². The van der Waals surface area contributed by atoms with Crippen molar-refractivity contribution in [3.8, 4) is 5.75 Å². The molecule has 0 saturated carbocycles. The molecule has 0 radical (unpaired) electrons. The van der Waals surface area contributed by atoms with Crippen molar-refractivity contribution in [3.63, 3.8) is 0 Å². The highest BCUT2D eigenvalue weighted by atomic mass is 32.1. The zero-order valence-electron chi connectivity index (χ0n) is 21.0. The van der Waals surface area contributed by atoms with E-state index in [2.05, 4.69) is 5.32 Å². The molecule has 3 N–H and O–H groups in total. The molecule has 0 aliphatic heterocycles. The van der Waals surface area contributed by atoms with Crippen molar-refractivity contribution in [2.75, 3.05) is 32.6 Å². The minimum atomic E-state index is -0.550. The van der Waals surface area contributed by atoms with Crippen molar-refractivity contribution in [3.05, 3.63) is 70.1 Å². The molecular weight excluding hydrogens is 478 g/mol. The summed E-state index contributed by atoms with van der Waals surface area (Å²) in [5.74, 6) is -0.155. The first kappa shape index (κ1) is 28.2. The molecule has 3 amide bonds. The molecule has 1 heterocycles. The lowest BCUT2D eigenvalue weighted by molar-refractivity contribution is -0.115. The summed E-state index contributed by atoms with van der Waals surface area (Å²) >= 11 is 1.16. The van der Waals surface area contributed by atoms with Gasteiger partial charge in [-0.2, -0.15) is 0 Å². The van der Waals surface area contributed by atoms with Gasteiger partial charge >= 0.3 is 0 Å². The normalized spacial score (nSPS) is 12.2. The number of hydrogen-bond acceptors (Lipinski definition) is 8. The maximum absolute atomic E-state index is 13.2. The van der Waals surface area contributed by atoms with Crippen LogP contribution in [0, 0.1) is 10.8 Å². The van der Waals surface area contributed by atoms with E-state index in [0.29, 0.717) is 28.4 Å². The zero-order valence-corrected chi connectivity index (χ0v) is 21.9. The van der Waals surface area contributed by atoms with Crippen LogP contribution in [0.4, 0.5) is 5.00 Å². The van der Waals surface area contributed by atoms with Gasteiger partial charge < -0.3 is 15.0 Å². The molecule has 1 aliphatic carbocycles. The van der Waals surface area contributed by atoms with Crippen molar-refractivity contribution in [2.24, 2.45) is 0 Å². The SMILES string of the molecule is CC.COc1ccc(CNC(=O)c2cc(C(=O)N(C=O)CC3=CC(=N)C(=N)C=C3)c(N(C)C)s2)cc1. The number of amides is 3. The summed E-state index contributed by atoms with van der Waals surface area (Å²) in [5, 5.41) is 18.8. The quantitative estimate of drug-likeness (QED) is 0.349. The van der Waals surface area contributed by atoms with E-state index in [-0.39, 0.29) is 29.4 Å². The fourth-order valence-corrected chi connectivity index (χ4v) is 4.18. The van der Waals surface area contributed by atoms with Crippen molar-refractivity contribution in [1.29, 1.82) is 10.8 Å². The van der Waals surface area contributed by atoms with E-state index in [1.54, 1.807) is 32.2 Å². The molecule has 0 atom stereocenters. The van der Waals surface area contributed by atoms with E-state index in [9.17, 15) is 14.4 Å². The molecule has 0 bridgehead atoms. The van der Waals surface area contributed by atoms with Gasteiger partial charge in [0, 0.05) is 20.6 Å². The summed E-state index contributed by atoms with van der Waals surface area (Å²) in [6.45, 7) is 4.26. The topological polar surface area (TPSA) is 127 Å². The highest BCUT2D eigenvalue weighted by molar-refractivity contribution is 7.18. The van der Waals surface area contributed by atoms with E-state index < -0.39 is 5.91 Å². The van der Waals surface area contributed by atoms with Crippen LogP contribution in [-0.2, 0) is 11.3 Å². The van der Waals surface area contributed by atoms with Crippen LogP contribution in [-0.4, -0.2) is 62.3 Å². The Hall–Kier alpha value is -4.05. The molecule has 190 valence electrons. The lowest BCUT2D eigenvalue weighted by Gasteiger charge is -2.19. The average Bonchev–Trinajstić information content (AvgIpc) is 3.35. The molecule has 2 aromatic rings. The van der Waals surface area contributed by atoms with Gasteiger partial charge in [-0.15, -0.1) is 11.3 Å². The molecular formula is C26H31N5O4S. The van der Waals surface area contributed by atoms with Gasteiger partial charge in [-0.25, -0.2) is 0 Å². The predicted octanol–water partition coefficient (Wildman–Crippen LogP) is 3.91. The second-order valence-corrected chi connectivity index (χ2v) is 8.70. The van der Waals surface area contributed by atoms with Gasteiger partial charge in [0.25, 0.3) is 11.8 Å². The largest absolute Gasteiger partial charge is 0.497 e. The zero-order chi connectivity index (χ0) is 26.8. The number of methoxy groups -OCH3 is 1. The summed E-state index contributed by atoms with van der Waals surface area (Å²) in [4.78, 5) is 40.7. The smallest absolute Gasteiger partial charge is 0.263 e. The van der Waals surface area contributed by atoms with Gasteiger partial charge in [0.05, 0.1) is 35.5 Å².